The van der Waals surface area contributed by atoms with Gasteiger partial charge in [-0.25, -0.2) is 4.79 Å². The minimum Gasteiger partial charge on any atom is -0.462 e. The summed E-state index contributed by atoms with van der Waals surface area (Å²) in [5, 5.41) is 0. The van der Waals surface area contributed by atoms with Gasteiger partial charge in [-0.05, 0) is 6.92 Å². The molecule has 0 aromatic rings. The van der Waals surface area contributed by atoms with Crippen molar-refractivity contribution in [1.82, 2.24) is 4.90 Å². The molecule has 0 saturated carbocycles. The first-order chi connectivity index (χ1) is 10.6. The summed E-state index contributed by atoms with van der Waals surface area (Å²) in [6.07, 6.45) is 2.46. The molecule has 1 heterocycles. The molecule has 1 radical (unpaired) electrons. The minimum absolute atomic E-state index is 0.116. The molecule has 8 heteroatoms. The Bertz CT molecular complexity index is 390. The van der Waals surface area contributed by atoms with Crippen molar-refractivity contribution in [1.29, 1.82) is 0 Å². The summed E-state index contributed by atoms with van der Waals surface area (Å²) in [6, 6.07) is 0. The third-order valence-electron chi connectivity index (χ3n) is 2.59. The van der Waals surface area contributed by atoms with Crippen molar-refractivity contribution in [3.8, 4) is 0 Å². The van der Waals surface area contributed by atoms with E-state index in [2.05, 4.69) is 6.92 Å². The summed E-state index contributed by atoms with van der Waals surface area (Å²) in [5.41, 5.74) is 0. The zero-order valence-electron chi connectivity index (χ0n) is 12.3. The van der Waals surface area contributed by atoms with Crippen LogP contribution in [0.2, 0.25) is 0 Å². The monoisotopic (exact) mass is 314 g/mol. The summed E-state index contributed by atoms with van der Waals surface area (Å²) in [4.78, 5) is 34.6. The van der Waals surface area contributed by atoms with Crippen LogP contribution in [-0.4, -0.2) is 75.5 Å². The molecule has 0 saturated heterocycles. The van der Waals surface area contributed by atoms with Gasteiger partial charge in [0, 0.05) is 18.8 Å². The maximum atomic E-state index is 11.2. The highest BCUT2D eigenvalue weighted by atomic mass is 16.6. The van der Waals surface area contributed by atoms with Crippen LogP contribution in [0.3, 0.4) is 0 Å². The molecule has 0 fully saturated rings. The van der Waals surface area contributed by atoms with E-state index in [1.807, 2.05) is 0 Å². The lowest BCUT2D eigenvalue weighted by atomic mass is 10.5. The van der Waals surface area contributed by atoms with Crippen molar-refractivity contribution in [2.45, 2.75) is 0 Å². The van der Waals surface area contributed by atoms with Crippen molar-refractivity contribution in [2.24, 2.45) is 0 Å². The Labute approximate surface area is 128 Å². The number of hydrogen-bond donors (Lipinski definition) is 0. The maximum absolute atomic E-state index is 11.2. The second-order valence-corrected chi connectivity index (χ2v) is 4.16. The second kappa shape index (κ2) is 10.9. The zero-order valence-corrected chi connectivity index (χ0v) is 12.3. The lowest BCUT2D eigenvalue weighted by molar-refractivity contribution is -0.150. The van der Waals surface area contributed by atoms with Crippen molar-refractivity contribution in [3.05, 3.63) is 19.1 Å². The number of imide groups is 1. The van der Waals surface area contributed by atoms with E-state index in [9.17, 15) is 14.4 Å². The van der Waals surface area contributed by atoms with Gasteiger partial charge in [-0.15, -0.1) is 0 Å². The number of esters is 1. The standard InChI is InChI=1S/C14H20NO7/c1-2-19-11-14(18)22-10-9-21-8-7-20-6-5-15-12(16)3-4-13(15)17/h3-4H,1-2,5-11H2. The largest absolute Gasteiger partial charge is 0.462 e. The molecule has 1 aliphatic heterocycles. The van der Waals surface area contributed by atoms with Crippen LogP contribution >= 0.6 is 0 Å². The second-order valence-electron chi connectivity index (χ2n) is 4.16. The molecule has 1 rings (SSSR count). The lowest BCUT2D eigenvalue weighted by Gasteiger charge is -2.13. The van der Waals surface area contributed by atoms with Crippen LogP contribution in [0.5, 0.6) is 0 Å². The van der Waals surface area contributed by atoms with Gasteiger partial charge in [-0.3, -0.25) is 14.5 Å². The van der Waals surface area contributed by atoms with Gasteiger partial charge in [0.25, 0.3) is 11.8 Å². The molecule has 0 spiro atoms. The molecule has 0 unspecified atom stereocenters. The van der Waals surface area contributed by atoms with Gasteiger partial charge in [0.15, 0.2) is 0 Å². The number of ether oxygens (including phenoxy) is 4. The van der Waals surface area contributed by atoms with Gasteiger partial charge in [-0.1, -0.05) is 0 Å². The first kappa shape index (κ1) is 18.3. The average molecular weight is 314 g/mol. The summed E-state index contributed by atoms with van der Waals surface area (Å²) >= 11 is 0. The fraction of sp³-hybridized carbons (Fsp3) is 0.571. The van der Waals surface area contributed by atoms with Crippen LogP contribution in [0.4, 0.5) is 0 Å². The van der Waals surface area contributed by atoms with Crippen molar-refractivity contribution >= 4 is 17.8 Å². The Balaban J connectivity index is 1.87. The van der Waals surface area contributed by atoms with Crippen LogP contribution in [0.1, 0.15) is 0 Å². The predicted molar refractivity (Wildman–Crippen MR) is 74.6 cm³/mol. The highest BCUT2D eigenvalue weighted by molar-refractivity contribution is 6.12. The fourth-order valence-corrected chi connectivity index (χ4v) is 1.54. The molecular formula is C14H20NO7. The molecule has 0 aromatic carbocycles. The van der Waals surface area contributed by atoms with Gasteiger partial charge in [0.1, 0.15) is 13.2 Å². The summed E-state index contributed by atoms with van der Waals surface area (Å²) in [5.74, 6) is -1.11. The van der Waals surface area contributed by atoms with Gasteiger partial charge in [0.2, 0.25) is 0 Å². The molecule has 0 aromatic heterocycles. The van der Waals surface area contributed by atoms with Crippen LogP contribution in [0, 0.1) is 6.92 Å². The topological polar surface area (TPSA) is 91.4 Å². The summed E-state index contributed by atoms with van der Waals surface area (Å²) in [6.45, 7) is 5.04. The van der Waals surface area contributed by atoms with Crippen molar-refractivity contribution in [2.75, 3.05) is 52.8 Å². The molecule has 2 amide bonds. The van der Waals surface area contributed by atoms with Crippen LogP contribution in [0.15, 0.2) is 12.2 Å². The minimum atomic E-state index is -0.461. The Kier molecular flexibility index (Phi) is 9.04. The van der Waals surface area contributed by atoms with E-state index in [1.54, 1.807) is 0 Å². The van der Waals surface area contributed by atoms with E-state index < -0.39 is 5.97 Å². The average Bonchev–Trinajstić information content (AvgIpc) is 2.82. The van der Waals surface area contributed by atoms with Gasteiger partial charge in [-0.2, -0.15) is 0 Å². The van der Waals surface area contributed by atoms with Gasteiger partial charge < -0.3 is 18.9 Å². The maximum Gasteiger partial charge on any atom is 0.332 e. The number of carbonyl (C=O) groups excluding carboxylic acids is 3. The summed E-state index contributed by atoms with van der Waals surface area (Å²) < 4.78 is 20.0. The van der Waals surface area contributed by atoms with Gasteiger partial charge >= 0.3 is 5.97 Å². The van der Waals surface area contributed by atoms with Crippen LogP contribution < -0.4 is 0 Å². The number of amides is 2. The molecule has 0 bridgehead atoms. The Hall–Kier alpha value is -1.77. The fourth-order valence-electron chi connectivity index (χ4n) is 1.54. The third-order valence-corrected chi connectivity index (χ3v) is 2.59. The first-order valence-electron chi connectivity index (χ1n) is 6.86. The smallest absolute Gasteiger partial charge is 0.332 e. The molecule has 0 N–H and O–H groups in total. The van der Waals surface area contributed by atoms with Crippen LogP contribution in [-0.2, 0) is 33.3 Å². The molecule has 8 nitrogen and oxygen atoms in total. The quantitative estimate of drug-likeness (QED) is 0.268. The van der Waals surface area contributed by atoms with E-state index in [4.69, 9.17) is 18.9 Å². The predicted octanol–water partition coefficient (Wildman–Crippen LogP) is -0.662. The van der Waals surface area contributed by atoms with E-state index >= 15 is 0 Å². The third kappa shape index (κ3) is 7.30. The van der Waals surface area contributed by atoms with Crippen molar-refractivity contribution < 1.29 is 33.3 Å². The van der Waals surface area contributed by atoms with Crippen LogP contribution in [0.25, 0.3) is 0 Å². The number of carbonyl (C=O) groups is 3. The Morgan fingerprint density at radius 3 is 2.18 bits per heavy atom. The highest BCUT2D eigenvalue weighted by Gasteiger charge is 2.22. The Morgan fingerprint density at radius 1 is 0.955 bits per heavy atom. The van der Waals surface area contributed by atoms with E-state index in [1.165, 1.54) is 12.2 Å². The molecule has 1 aliphatic rings. The zero-order chi connectivity index (χ0) is 16.2. The number of hydrogen-bond acceptors (Lipinski definition) is 7. The van der Waals surface area contributed by atoms with E-state index in [0.29, 0.717) is 13.2 Å². The first-order valence-corrected chi connectivity index (χ1v) is 6.86. The normalized spacial score (nSPS) is 14.0. The highest BCUT2D eigenvalue weighted by Crippen LogP contribution is 2.02. The van der Waals surface area contributed by atoms with E-state index in [0.717, 1.165) is 4.90 Å². The van der Waals surface area contributed by atoms with E-state index in [-0.39, 0.29) is 51.4 Å². The van der Waals surface area contributed by atoms with Crippen molar-refractivity contribution in [3.63, 3.8) is 0 Å². The lowest BCUT2D eigenvalue weighted by Crippen LogP contribution is -2.33. The molecule has 0 atom stereocenters. The number of rotatable bonds is 12. The number of nitrogens with zero attached hydrogens (tertiary/aromatic N) is 1. The molecule has 123 valence electrons. The molecule has 0 aliphatic carbocycles. The SMILES string of the molecule is [CH2]COCC(=O)OCCOCCOCCN1C(=O)C=CC1=O. The molecule has 22 heavy (non-hydrogen) atoms. The molecular weight excluding hydrogens is 294 g/mol. The Morgan fingerprint density at radius 2 is 1.55 bits per heavy atom. The summed E-state index contributed by atoms with van der Waals surface area (Å²) in [7, 11) is 0. The van der Waals surface area contributed by atoms with Gasteiger partial charge in [0.05, 0.1) is 33.0 Å².